The van der Waals surface area contributed by atoms with Crippen LogP contribution in [0.5, 0.6) is 0 Å². The molecule has 1 aromatic carbocycles. The van der Waals surface area contributed by atoms with Crippen LogP contribution in [0.3, 0.4) is 0 Å². The number of hydrogen-bond acceptors (Lipinski definition) is 4. The molecular formula is C16H14N2O2S. The average molecular weight is 298 g/mol. The fourth-order valence-corrected chi connectivity index (χ4v) is 2.44. The van der Waals surface area contributed by atoms with Crippen LogP contribution < -0.4 is 5.56 Å². The first-order valence-corrected chi connectivity index (χ1v) is 7.68. The third-order valence-electron chi connectivity index (χ3n) is 3.19. The molecule has 106 valence electrons. The average Bonchev–Trinajstić information content (AvgIpc) is 2.54. The number of ketones is 1. The minimum absolute atomic E-state index is 0.0451. The van der Waals surface area contributed by atoms with Crippen LogP contribution >= 0.6 is 11.8 Å². The number of nitrogens with zero attached hydrogens (tertiary/aromatic N) is 1. The van der Waals surface area contributed by atoms with Crippen LogP contribution in [-0.4, -0.2) is 17.0 Å². The molecular weight excluding hydrogens is 284 g/mol. The van der Waals surface area contributed by atoms with Crippen molar-refractivity contribution in [2.75, 3.05) is 6.26 Å². The number of nitriles is 1. The van der Waals surface area contributed by atoms with Gasteiger partial charge in [0.15, 0.2) is 5.78 Å². The van der Waals surface area contributed by atoms with E-state index in [0.717, 1.165) is 4.90 Å². The second-order valence-corrected chi connectivity index (χ2v) is 5.31. The Balaban J connectivity index is 2.51. The summed E-state index contributed by atoms with van der Waals surface area (Å²) in [7, 11) is 0. The van der Waals surface area contributed by atoms with Gasteiger partial charge >= 0.3 is 0 Å². The van der Waals surface area contributed by atoms with Crippen LogP contribution in [-0.2, 0) is 6.42 Å². The van der Waals surface area contributed by atoms with Crippen molar-refractivity contribution in [1.82, 2.24) is 4.98 Å². The lowest BCUT2D eigenvalue weighted by Gasteiger charge is -2.08. The molecule has 1 N–H and O–H groups in total. The second kappa shape index (κ2) is 6.42. The monoisotopic (exact) mass is 298 g/mol. The van der Waals surface area contributed by atoms with E-state index in [2.05, 4.69) is 4.98 Å². The van der Waals surface area contributed by atoms with E-state index in [9.17, 15) is 9.59 Å². The number of rotatable bonds is 4. The van der Waals surface area contributed by atoms with Gasteiger partial charge in [0.2, 0.25) is 0 Å². The Morgan fingerprint density at radius 3 is 2.52 bits per heavy atom. The molecule has 0 saturated carbocycles. The maximum absolute atomic E-state index is 12.6. The Labute approximate surface area is 126 Å². The molecule has 0 aliphatic heterocycles. The maximum Gasteiger partial charge on any atom is 0.266 e. The van der Waals surface area contributed by atoms with Gasteiger partial charge in [0.1, 0.15) is 11.6 Å². The number of H-pyrrole nitrogens is 1. The Bertz CT molecular complexity index is 770. The standard InChI is InChI=1S/C16H14N2O2S/c1-3-14-13(8-11(9-17)16(20)18-14)15(19)10-4-6-12(21-2)7-5-10/h4-8H,3H2,1-2H3,(H,18,20). The normalized spacial score (nSPS) is 10.1. The Morgan fingerprint density at radius 1 is 1.33 bits per heavy atom. The van der Waals surface area contributed by atoms with E-state index in [4.69, 9.17) is 5.26 Å². The first kappa shape index (κ1) is 15.1. The molecule has 2 rings (SSSR count). The van der Waals surface area contributed by atoms with Gasteiger partial charge in [0.25, 0.3) is 5.56 Å². The predicted octanol–water partition coefficient (Wildman–Crippen LogP) is 2.76. The van der Waals surface area contributed by atoms with Gasteiger partial charge in [-0.25, -0.2) is 0 Å². The van der Waals surface area contributed by atoms with E-state index < -0.39 is 5.56 Å². The predicted molar refractivity (Wildman–Crippen MR) is 82.8 cm³/mol. The summed E-state index contributed by atoms with van der Waals surface area (Å²) in [4.78, 5) is 27.9. The van der Waals surface area contributed by atoms with Crippen LogP contribution in [0.25, 0.3) is 0 Å². The summed E-state index contributed by atoms with van der Waals surface area (Å²) >= 11 is 1.60. The van der Waals surface area contributed by atoms with Gasteiger partial charge in [-0.05, 0) is 43.0 Å². The van der Waals surface area contributed by atoms with E-state index in [1.807, 2.05) is 31.4 Å². The maximum atomic E-state index is 12.6. The van der Waals surface area contributed by atoms with Crippen LogP contribution in [0.2, 0.25) is 0 Å². The molecule has 0 spiro atoms. The number of pyridine rings is 1. The highest BCUT2D eigenvalue weighted by atomic mass is 32.2. The van der Waals surface area contributed by atoms with Gasteiger partial charge in [0.05, 0.1) is 0 Å². The molecule has 21 heavy (non-hydrogen) atoms. The molecule has 0 amide bonds. The Hall–Kier alpha value is -2.32. The first-order chi connectivity index (χ1) is 10.1. The molecule has 0 fully saturated rings. The van der Waals surface area contributed by atoms with E-state index >= 15 is 0 Å². The zero-order chi connectivity index (χ0) is 15.4. The van der Waals surface area contributed by atoms with Crippen molar-refractivity contribution in [3.8, 4) is 6.07 Å². The number of aromatic nitrogens is 1. The van der Waals surface area contributed by atoms with Crippen molar-refractivity contribution >= 4 is 17.5 Å². The third-order valence-corrected chi connectivity index (χ3v) is 3.94. The summed E-state index contributed by atoms with van der Waals surface area (Å²) in [6, 6.07) is 10.4. The zero-order valence-electron chi connectivity index (χ0n) is 11.8. The molecule has 4 nitrogen and oxygen atoms in total. The van der Waals surface area contributed by atoms with Crippen molar-refractivity contribution in [2.45, 2.75) is 18.2 Å². The number of aryl methyl sites for hydroxylation is 1. The molecule has 0 saturated heterocycles. The van der Waals surface area contributed by atoms with Crippen molar-refractivity contribution in [1.29, 1.82) is 5.26 Å². The highest BCUT2D eigenvalue weighted by Crippen LogP contribution is 2.18. The largest absolute Gasteiger partial charge is 0.324 e. The minimum atomic E-state index is -0.455. The molecule has 1 aromatic heterocycles. The zero-order valence-corrected chi connectivity index (χ0v) is 12.6. The van der Waals surface area contributed by atoms with E-state index in [0.29, 0.717) is 23.2 Å². The summed E-state index contributed by atoms with van der Waals surface area (Å²) in [6.45, 7) is 1.85. The van der Waals surface area contributed by atoms with Crippen LogP contribution in [0.15, 0.2) is 40.0 Å². The minimum Gasteiger partial charge on any atom is -0.324 e. The molecule has 0 aliphatic carbocycles. The van der Waals surface area contributed by atoms with Gasteiger partial charge in [-0.1, -0.05) is 6.92 Å². The van der Waals surface area contributed by atoms with Gasteiger partial charge in [-0.15, -0.1) is 11.8 Å². The molecule has 1 heterocycles. The van der Waals surface area contributed by atoms with Crippen molar-refractivity contribution in [2.24, 2.45) is 0 Å². The number of hydrogen-bond donors (Lipinski definition) is 1. The molecule has 0 atom stereocenters. The fourth-order valence-electron chi connectivity index (χ4n) is 2.03. The van der Waals surface area contributed by atoms with Crippen molar-refractivity contribution < 1.29 is 4.79 Å². The smallest absolute Gasteiger partial charge is 0.266 e. The third kappa shape index (κ3) is 3.06. The summed E-state index contributed by atoms with van der Waals surface area (Å²) in [6.07, 6.45) is 2.48. The molecule has 2 aromatic rings. The van der Waals surface area contributed by atoms with Gasteiger partial charge in [-0.2, -0.15) is 5.26 Å². The summed E-state index contributed by atoms with van der Waals surface area (Å²) in [5.74, 6) is -0.188. The summed E-state index contributed by atoms with van der Waals surface area (Å²) in [5.41, 5.74) is 0.974. The second-order valence-electron chi connectivity index (χ2n) is 4.43. The van der Waals surface area contributed by atoms with Crippen molar-refractivity contribution in [3.05, 3.63) is 63.1 Å². The highest BCUT2D eigenvalue weighted by Gasteiger charge is 2.16. The summed E-state index contributed by atoms with van der Waals surface area (Å²) < 4.78 is 0. The van der Waals surface area contributed by atoms with Gasteiger partial charge < -0.3 is 4.98 Å². The lowest BCUT2D eigenvalue weighted by molar-refractivity contribution is 0.103. The molecule has 0 radical (unpaired) electrons. The van der Waals surface area contributed by atoms with E-state index in [1.165, 1.54) is 6.07 Å². The quantitative estimate of drug-likeness (QED) is 0.695. The van der Waals surface area contributed by atoms with Gasteiger partial charge in [-0.3, -0.25) is 9.59 Å². The number of benzene rings is 1. The van der Waals surface area contributed by atoms with Crippen LogP contribution in [0.1, 0.15) is 34.1 Å². The Morgan fingerprint density at radius 2 is 2.00 bits per heavy atom. The fraction of sp³-hybridized carbons (Fsp3) is 0.188. The highest BCUT2D eigenvalue weighted by molar-refractivity contribution is 7.98. The lowest BCUT2D eigenvalue weighted by atomic mass is 9.99. The summed E-state index contributed by atoms with van der Waals surface area (Å²) in [5, 5.41) is 8.94. The molecule has 5 heteroatoms. The number of nitrogens with one attached hydrogen (secondary N) is 1. The topological polar surface area (TPSA) is 73.7 Å². The van der Waals surface area contributed by atoms with E-state index in [1.54, 1.807) is 23.9 Å². The number of thioether (sulfide) groups is 1. The molecule has 0 unspecified atom stereocenters. The lowest BCUT2D eigenvalue weighted by Crippen LogP contribution is -2.17. The van der Waals surface area contributed by atoms with Gasteiger partial charge in [0, 0.05) is 21.7 Å². The Kier molecular flexibility index (Phi) is 4.61. The number of carbonyl (C=O) groups excluding carboxylic acids is 1. The number of aromatic amines is 1. The molecule has 0 aliphatic rings. The van der Waals surface area contributed by atoms with Crippen LogP contribution in [0, 0.1) is 11.3 Å². The number of carbonyl (C=O) groups is 1. The molecule has 0 bridgehead atoms. The van der Waals surface area contributed by atoms with Crippen molar-refractivity contribution in [3.63, 3.8) is 0 Å². The van der Waals surface area contributed by atoms with E-state index in [-0.39, 0.29) is 11.3 Å². The first-order valence-electron chi connectivity index (χ1n) is 6.45. The SMILES string of the molecule is CCc1[nH]c(=O)c(C#N)cc1C(=O)c1ccc(SC)cc1. The van der Waals surface area contributed by atoms with Crippen LogP contribution in [0.4, 0.5) is 0 Å².